The summed E-state index contributed by atoms with van der Waals surface area (Å²) in [6.45, 7) is 18.8. The fourth-order valence-corrected chi connectivity index (χ4v) is 2.17. The van der Waals surface area contributed by atoms with E-state index in [2.05, 4.69) is 52.8 Å². The zero-order valence-corrected chi connectivity index (χ0v) is 12.3. The summed E-state index contributed by atoms with van der Waals surface area (Å²) in [5.41, 5.74) is 3.72. The van der Waals surface area contributed by atoms with Crippen LogP contribution < -0.4 is 0 Å². The first-order chi connectivity index (χ1) is 7.92. The number of rotatable bonds is 8. The van der Waals surface area contributed by atoms with Crippen LogP contribution in [0, 0.1) is 5.92 Å². The quantitative estimate of drug-likeness (QED) is 0.562. The molecule has 0 rings (SSSR count). The highest BCUT2D eigenvalue weighted by Gasteiger charge is 2.09. The molecule has 0 aliphatic heterocycles. The predicted octanol–water partition coefficient (Wildman–Crippen LogP) is 4.43. The van der Waals surface area contributed by atoms with Crippen molar-refractivity contribution in [2.75, 3.05) is 20.1 Å². The minimum absolute atomic E-state index is 0.764. The maximum Gasteiger partial charge on any atom is 0.0235 e. The van der Waals surface area contributed by atoms with Crippen LogP contribution >= 0.6 is 0 Å². The molecule has 0 saturated heterocycles. The van der Waals surface area contributed by atoms with Crippen LogP contribution in [-0.4, -0.2) is 25.0 Å². The molecule has 0 heterocycles. The molecule has 98 valence electrons. The van der Waals surface area contributed by atoms with E-state index in [-0.39, 0.29) is 0 Å². The van der Waals surface area contributed by atoms with Crippen molar-refractivity contribution in [1.29, 1.82) is 0 Å². The maximum atomic E-state index is 4.06. The molecule has 1 unspecified atom stereocenters. The number of hydrogen-bond acceptors (Lipinski definition) is 1. The summed E-state index contributed by atoms with van der Waals surface area (Å²) in [5, 5.41) is 0. The van der Waals surface area contributed by atoms with Gasteiger partial charge in [-0.15, -0.1) is 0 Å². The van der Waals surface area contributed by atoms with Gasteiger partial charge in [-0.3, -0.25) is 0 Å². The molecule has 0 aliphatic carbocycles. The van der Waals surface area contributed by atoms with Gasteiger partial charge in [-0.05, 0) is 44.4 Å². The topological polar surface area (TPSA) is 3.24 Å². The molecular formula is C16H29N. The van der Waals surface area contributed by atoms with Crippen molar-refractivity contribution in [3.8, 4) is 0 Å². The van der Waals surface area contributed by atoms with Gasteiger partial charge in [-0.25, -0.2) is 0 Å². The first-order valence-electron chi connectivity index (χ1n) is 6.58. The van der Waals surface area contributed by atoms with E-state index >= 15 is 0 Å². The largest absolute Gasteiger partial charge is 0.302 e. The summed E-state index contributed by atoms with van der Waals surface area (Å²) in [7, 11) is 2.19. The molecule has 1 atom stereocenters. The predicted molar refractivity (Wildman–Crippen MR) is 79.3 cm³/mol. The summed E-state index contributed by atoms with van der Waals surface area (Å²) in [4.78, 5) is 2.39. The van der Waals surface area contributed by atoms with Crippen molar-refractivity contribution < 1.29 is 0 Å². The molecule has 0 amide bonds. The molecule has 0 spiro atoms. The van der Waals surface area contributed by atoms with Crippen molar-refractivity contribution in [2.45, 2.75) is 40.5 Å². The lowest BCUT2D eigenvalue weighted by Crippen LogP contribution is -2.27. The standard InChI is InChI=1S/C16H29N/c1-8-10-14(5)11-17(7)12-16(13(3)4)15(6)9-2/h9,14H,2-3,8,10-12H2,1,4-7H3/b16-15-. The lowest BCUT2D eigenvalue weighted by Gasteiger charge is -2.23. The molecule has 0 aromatic heterocycles. The molecule has 0 aromatic carbocycles. The fraction of sp³-hybridized carbons (Fsp3) is 0.625. The van der Waals surface area contributed by atoms with Crippen LogP contribution in [0.4, 0.5) is 0 Å². The van der Waals surface area contributed by atoms with Crippen molar-refractivity contribution in [2.24, 2.45) is 5.92 Å². The number of allylic oxidation sites excluding steroid dienone is 2. The van der Waals surface area contributed by atoms with Gasteiger partial charge in [-0.1, -0.05) is 45.1 Å². The van der Waals surface area contributed by atoms with Crippen molar-refractivity contribution in [3.63, 3.8) is 0 Å². The Bertz CT molecular complexity index is 286. The maximum absolute atomic E-state index is 4.06. The summed E-state index contributed by atoms with van der Waals surface area (Å²) in [5.74, 6) is 0.764. The minimum Gasteiger partial charge on any atom is -0.302 e. The molecule has 0 aliphatic rings. The monoisotopic (exact) mass is 235 g/mol. The molecule has 0 bridgehead atoms. The van der Waals surface area contributed by atoms with E-state index in [9.17, 15) is 0 Å². The normalized spacial score (nSPS) is 14.5. The second-order valence-corrected chi connectivity index (χ2v) is 5.24. The third-order valence-corrected chi connectivity index (χ3v) is 3.13. The number of hydrogen-bond donors (Lipinski definition) is 0. The van der Waals surface area contributed by atoms with Crippen LogP contribution in [0.25, 0.3) is 0 Å². The Hall–Kier alpha value is -0.820. The van der Waals surface area contributed by atoms with E-state index < -0.39 is 0 Å². The van der Waals surface area contributed by atoms with E-state index in [1.54, 1.807) is 0 Å². The summed E-state index contributed by atoms with van der Waals surface area (Å²) < 4.78 is 0. The second kappa shape index (κ2) is 8.30. The van der Waals surface area contributed by atoms with Gasteiger partial charge in [0, 0.05) is 13.1 Å². The first-order valence-corrected chi connectivity index (χ1v) is 6.58. The molecule has 0 saturated carbocycles. The highest BCUT2D eigenvalue weighted by molar-refractivity contribution is 5.36. The zero-order valence-electron chi connectivity index (χ0n) is 12.3. The van der Waals surface area contributed by atoms with E-state index in [0.717, 1.165) is 24.6 Å². The van der Waals surface area contributed by atoms with Gasteiger partial charge in [0.2, 0.25) is 0 Å². The molecule has 1 heteroatoms. The van der Waals surface area contributed by atoms with Crippen molar-refractivity contribution in [1.82, 2.24) is 4.90 Å². The van der Waals surface area contributed by atoms with Gasteiger partial charge in [0.1, 0.15) is 0 Å². The van der Waals surface area contributed by atoms with Crippen molar-refractivity contribution >= 4 is 0 Å². The minimum atomic E-state index is 0.764. The average molecular weight is 235 g/mol. The summed E-state index contributed by atoms with van der Waals surface area (Å²) in [6, 6.07) is 0. The lowest BCUT2D eigenvalue weighted by molar-refractivity contribution is 0.297. The van der Waals surface area contributed by atoms with Crippen LogP contribution in [0.2, 0.25) is 0 Å². The second-order valence-electron chi connectivity index (χ2n) is 5.24. The van der Waals surface area contributed by atoms with Gasteiger partial charge in [-0.2, -0.15) is 0 Å². The summed E-state index contributed by atoms with van der Waals surface area (Å²) in [6.07, 6.45) is 4.49. The van der Waals surface area contributed by atoms with Gasteiger partial charge in [0.15, 0.2) is 0 Å². The zero-order chi connectivity index (χ0) is 13.4. The Labute approximate surface area is 108 Å². The van der Waals surface area contributed by atoms with E-state index in [0.29, 0.717) is 0 Å². The highest BCUT2D eigenvalue weighted by atomic mass is 15.1. The Kier molecular flexibility index (Phi) is 7.90. The number of likely N-dealkylation sites (N-methyl/N-ethyl adjacent to an activating group) is 1. The van der Waals surface area contributed by atoms with Gasteiger partial charge >= 0.3 is 0 Å². The third kappa shape index (κ3) is 6.48. The Balaban J connectivity index is 4.48. The Morgan fingerprint density at radius 1 is 1.35 bits per heavy atom. The fourth-order valence-electron chi connectivity index (χ4n) is 2.17. The van der Waals surface area contributed by atoms with Crippen LogP contribution in [0.3, 0.4) is 0 Å². The lowest BCUT2D eigenvalue weighted by atomic mass is 10.0. The number of nitrogens with zero attached hydrogens (tertiary/aromatic N) is 1. The smallest absolute Gasteiger partial charge is 0.0235 e. The van der Waals surface area contributed by atoms with Crippen LogP contribution in [0.1, 0.15) is 40.5 Å². The van der Waals surface area contributed by atoms with Crippen molar-refractivity contribution in [3.05, 3.63) is 36.0 Å². The van der Waals surface area contributed by atoms with Gasteiger partial charge in [0.25, 0.3) is 0 Å². The molecule has 0 N–H and O–H groups in total. The van der Waals surface area contributed by atoms with Crippen LogP contribution in [0.15, 0.2) is 36.0 Å². The molecule has 0 fully saturated rings. The summed E-state index contributed by atoms with van der Waals surface area (Å²) >= 11 is 0. The Morgan fingerprint density at radius 2 is 1.94 bits per heavy atom. The molecule has 0 radical (unpaired) electrons. The van der Waals surface area contributed by atoms with Gasteiger partial charge < -0.3 is 4.90 Å². The first kappa shape index (κ1) is 16.2. The van der Waals surface area contributed by atoms with Crippen LogP contribution in [0.5, 0.6) is 0 Å². The Morgan fingerprint density at radius 3 is 2.35 bits per heavy atom. The highest BCUT2D eigenvalue weighted by Crippen LogP contribution is 2.16. The van der Waals surface area contributed by atoms with Crippen LogP contribution in [-0.2, 0) is 0 Å². The SMILES string of the molecule is C=C/C(C)=C(/CN(C)CC(C)CCC)C(=C)C. The average Bonchev–Trinajstić information content (AvgIpc) is 2.24. The van der Waals surface area contributed by atoms with E-state index in [1.165, 1.54) is 24.0 Å². The third-order valence-electron chi connectivity index (χ3n) is 3.13. The molecule has 17 heavy (non-hydrogen) atoms. The molecule has 0 aromatic rings. The van der Waals surface area contributed by atoms with E-state index in [4.69, 9.17) is 0 Å². The van der Waals surface area contributed by atoms with Gasteiger partial charge in [0.05, 0.1) is 0 Å². The molecule has 1 nitrogen and oxygen atoms in total. The molecular weight excluding hydrogens is 206 g/mol. The van der Waals surface area contributed by atoms with E-state index in [1.807, 2.05) is 6.08 Å².